The number of hydrogen-bond acceptors (Lipinski definition) is 3. The van der Waals surface area contributed by atoms with E-state index < -0.39 is 0 Å². The summed E-state index contributed by atoms with van der Waals surface area (Å²) in [6.07, 6.45) is 7.17. The molecule has 0 saturated heterocycles. The first-order valence-electron chi connectivity index (χ1n) is 7.71. The van der Waals surface area contributed by atoms with Gasteiger partial charge in [0.25, 0.3) is 5.91 Å². The van der Waals surface area contributed by atoms with Gasteiger partial charge in [-0.3, -0.25) is 4.79 Å². The molecule has 1 saturated carbocycles. The fourth-order valence-electron chi connectivity index (χ4n) is 2.82. The number of ether oxygens (including phenoxy) is 1. The molecule has 1 aromatic rings. The third-order valence-corrected chi connectivity index (χ3v) is 4.04. The molecule has 1 aliphatic carbocycles. The molecule has 0 spiro atoms. The molecule has 0 aliphatic heterocycles. The maximum Gasteiger partial charge on any atom is 0.262 e. The Hall–Kier alpha value is -2.28. The second-order valence-electron chi connectivity index (χ2n) is 5.71. The number of aryl methyl sites for hydroxylation is 1. The number of amides is 1. The summed E-state index contributed by atoms with van der Waals surface area (Å²) in [6.45, 7) is 1.93. The molecular weight excluding hydrogens is 276 g/mol. The lowest BCUT2D eigenvalue weighted by molar-refractivity contribution is -0.117. The Morgan fingerprint density at radius 2 is 2.09 bits per heavy atom. The predicted molar refractivity (Wildman–Crippen MR) is 86.3 cm³/mol. The number of methoxy groups -OCH3 is 1. The van der Waals surface area contributed by atoms with Gasteiger partial charge >= 0.3 is 0 Å². The van der Waals surface area contributed by atoms with Crippen LogP contribution in [0.3, 0.4) is 0 Å². The Kier molecular flexibility index (Phi) is 5.60. The topological polar surface area (TPSA) is 62.1 Å². The highest BCUT2D eigenvalue weighted by Gasteiger charge is 2.18. The van der Waals surface area contributed by atoms with Gasteiger partial charge in [0.05, 0.1) is 7.11 Å². The molecule has 0 heterocycles. The summed E-state index contributed by atoms with van der Waals surface area (Å²) >= 11 is 0. The standard InChI is InChI=1S/C18H22N2O2/c1-13-10-14(8-9-17(13)22-2)11-15(12-19)18(21)20-16-6-4-3-5-7-16/h8-11,16H,3-7H2,1-2H3,(H,20,21)/b15-11+. The average molecular weight is 298 g/mol. The number of carbonyl (C=O) groups excluding carboxylic acids is 1. The van der Waals surface area contributed by atoms with Gasteiger partial charge in [0.2, 0.25) is 0 Å². The number of nitrogens with one attached hydrogen (secondary N) is 1. The zero-order chi connectivity index (χ0) is 15.9. The van der Waals surface area contributed by atoms with Gasteiger partial charge in [-0.2, -0.15) is 5.26 Å². The van der Waals surface area contributed by atoms with Gasteiger partial charge in [-0.05, 0) is 49.1 Å². The van der Waals surface area contributed by atoms with Crippen molar-refractivity contribution >= 4 is 12.0 Å². The third kappa shape index (κ3) is 4.11. The predicted octanol–water partition coefficient (Wildman–Crippen LogP) is 3.36. The Bertz CT molecular complexity index is 608. The fraction of sp³-hybridized carbons (Fsp3) is 0.444. The molecular formula is C18H22N2O2. The average Bonchev–Trinajstić information content (AvgIpc) is 2.53. The maximum absolute atomic E-state index is 12.2. The van der Waals surface area contributed by atoms with Crippen molar-refractivity contribution in [3.05, 3.63) is 34.9 Å². The van der Waals surface area contributed by atoms with E-state index in [0.717, 1.165) is 42.6 Å². The van der Waals surface area contributed by atoms with Crippen LogP contribution in [0.2, 0.25) is 0 Å². The third-order valence-electron chi connectivity index (χ3n) is 4.04. The summed E-state index contributed by atoms with van der Waals surface area (Å²) in [4.78, 5) is 12.2. The van der Waals surface area contributed by atoms with Crippen molar-refractivity contribution in [3.8, 4) is 11.8 Å². The van der Waals surface area contributed by atoms with Crippen LogP contribution in [-0.4, -0.2) is 19.1 Å². The molecule has 1 aliphatic rings. The van der Waals surface area contributed by atoms with E-state index in [4.69, 9.17) is 4.74 Å². The van der Waals surface area contributed by atoms with Gasteiger partial charge in [0.1, 0.15) is 17.4 Å². The smallest absolute Gasteiger partial charge is 0.262 e. The van der Waals surface area contributed by atoms with Crippen molar-refractivity contribution in [2.24, 2.45) is 0 Å². The number of benzene rings is 1. The molecule has 1 fully saturated rings. The van der Waals surface area contributed by atoms with E-state index >= 15 is 0 Å². The molecule has 0 atom stereocenters. The number of hydrogen-bond donors (Lipinski definition) is 1. The highest BCUT2D eigenvalue weighted by atomic mass is 16.5. The Morgan fingerprint density at radius 1 is 1.36 bits per heavy atom. The van der Waals surface area contributed by atoms with Crippen molar-refractivity contribution in [2.45, 2.75) is 45.1 Å². The Labute approximate surface area is 131 Å². The van der Waals surface area contributed by atoms with Crippen LogP contribution >= 0.6 is 0 Å². The summed E-state index contributed by atoms with van der Waals surface area (Å²) in [5, 5.41) is 12.2. The van der Waals surface area contributed by atoms with E-state index in [9.17, 15) is 10.1 Å². The SMILES string of the molecule is COc1ccc(/C=C(\C#N)C(=O)NC2CCCCC2)cc1C. The molecule has 2 rings (SSSR count). The minimum atomic E-state index is -0.275. The molecule has 1 amide bonds. The van der Waals surface area contributed by atoms with Crippen LogP contribution in [0.1, 0.15) is 43.2 Å². The quantitative estimate of drug-likeness (QED) is 0.685. The molecule has 0 unspecified atom stereocenters. The van der Waals surface area contributed by atoms with Crippen LogP contribution in [0.5, 0.6) is 5.75 Å². The van der Waals surface area contributed by atoms with Gasteiger partial charge in [-0.25, -0.2) is 0 Å². The van der Waals surface area contributed by atoms with Crippen molar-refractivity contribution in [3.63, 3.8) is 0 Å². The van der Waals surface area contributed by atoms with Gasteiger partial charge in [-0.1, -0.05) is 25.3 Å². The van der Waals surface area contributed by atoms with Crippen molar-refractivity contribution in [2.75, 3.05) is 7.11 Å². The molecule has 116 valence electrons. The van der Waals surface area contributed by atoms with Crippen LogP contribution in [0.15, 0.2) is 23.8 Å². The monoisotopic (exact) mass is 298 g/mol. The molecule has 22 heavy (non-hydrogen) atoms. The van der Waals surface area contributed by atoms with Gasteiger partial charge < -0.3 is 10.1 Å². The fourth-order valence-corrected chi connectivity index (χ4v) is 2.82. The summed E-state index contributed by atoms with van der Waals surface area (Å²) in [5.41, 5.74) is 1.95. The van der Waals surface area contributed by atoms with E-state index in [1.807, 2.05) is 31.2 Å². The normalized spacial score (nSPS) is 16.0. The zero-order valence-electron chi connectivity index (χ0n) is 13.2. The summed E-state index contributed by atoms with van der Waals surface area (Å²) in [6, 6.07) is 7.80. The van der Waals surface area contributed by atoms with E-state index in [2.05, 4.69) is 5.32 Å². The first-order valence-corrected chi connectivity index (χ1v) is 7.71. The van der Waals surface area contributed by atoms with E-state index in [1.165, 1.54) is 6.42 Å². The first kappa shape index (κ1) is 16.1. The Balaban J connectivity index is 2.11. The van der Waals surface area contributed by atoms with Gasteiger partial charge in [0.15, 0.2) is 0 Å². The van der Waals surface area contributed by atoms with Crippen molar-refractivity contribution in [1.82, 2.24) is 5.32 Å². The summed E-state index contributed by atoms with van der Waals surface area (Å²) < 4.78 is 5.21. The second-order valence-corrected chi connectivity index (χ2v) is 5.71. The van der Waals surface area contributed by atoms with Gasteiger partial charge in [-0.15, -0.1) is 0 Å². The van der Waals surface area contributed by atoms with Crippen LogP contribution < -0.4 is 10.1 Å². The molecule has 0 bridgehead atoms. The summed E-state index contributed by atoms with van der Waals surface area (Å²) in [7, 11) is 1.62. The lowest BCUT2D eigenvalue weighted by Crippen LogP contribution is -2.36. The zero-order valence-corrected chi connectivity index (χ0v) is 13.2. The van der Waals surface area contributed by atoms with Crippen LogP contribution in [0.25, 0.3) is 6.08 Å². The molecule has 4 heteroatoms. The maximum atomic E-state index is 12.2. The molecule has 1 N–H and O–H groups in total. The first-order chi connectivity index (χ1) is 10.6. The number of nitrogens with zero attached hydrogens (tertiary/aromatic N) is 1. The lowest BCUT2D eigenvalue weighted by Gasteiger charge is -2.22. The molecule has 1 aromatic carbocycles. The minimum Gasteiger partial charge on any atom is -0.496 e. The van der Waals surface area contributed by atoms with E-state index in [-0.39, 0.29) is 17.5 Å². The minimum absolute atomic E-state index is 0.148. The van der Waals surface area contributed by atoms with E-state index in [1.54, 1.807) is 13.2 Å². The number of nitriles is 1. The molecule has 0 aromatic heterocycles. The lowest BCUT2D eigenvalue weighted by atomic mass is 9.95. The summed E-state index contributed by atoms with van der Waals surface area (Å²) in [5.74, 6) is 0.519. The highest BCUT2D eigenvalue weighted by molar-refractivity contribution is 6.01. The van der Waals surface area contributed by atoms with Crippen molar-refractivity contribution in [1.29, 1.82) is 5.26 Å². The Morgan fingerprint density at radius 3 is 2.68 bits per heavy atom. The van der Waals surface area contributed by atoms with E-state index in [0.29, 0.717) is 0 Å². The van der Waals surface area contributed by atoms with Crippen molar-refractivity contribution < 1.29 is 9.53 Å². The molecule has 0 radical (unpaired) electrons. The second kappa shape index (κ2) is 7.65. The number of carbonyl (C=O) groups is 1. The van der Waals surface area contributed by atoms with Crippen LogP contribution in [0.4, 0.5) is 0 Å². The largest absolute Gasteiger partial charge is 0.496 e. The number of rotatable bonds is 4. The highest BCUT2D eigenvalue weighted by Crippen LogP contribution is 2.21. The van der Waals surface area contributed by atoms with Crippen LogP contribution in [-0.2, 0) is 4.79 Å². The van der Waals surface area contributed by atoms with Crippen LogP contribution in [0, 0.1) is 18.3 Å². The van der Waals surface area contributed by atoms with Gasteiger partial charge in [0, 0.05) is 6.04 Å². The molecule has 4 nitrogen and oxygen atoms in total.